The highest BCUT2D eigenvalue weighted by Crippen LogP contribution is 2.38. The van der Waals surface area contributed by atoms with Crippen LogP contribution in [0.4, 0.5) is 5.00 Å². The van der Waals surface area contributed by atoms with Crippen LogP contribution in [0.2, 0.25) is 0 Å². The number of rotatable bonds is 7. The summed E-state index contributed by atoms with van der Waals surface area (Å²) >= 11 is 1.39. The van der Waals surface area contributed by atoms with Gasteiger partial charge in [-0.1, -0.05) is 17.7 Å². The number of aryl methyl sites for hydroxylation is 2. The third kappa shape index (κ3) is 4.39. The van der Waals surface area contributed by atoms with Gasteiger partial charge in [-0.25, -0.2) is 8.42 Å². The highest BCUT2D eigenvalue weighted by atomic mass is 32.2. The van der Waals surface area contributed by atoms with Crippen LogP contribution in [0.25, 0.3) is 0 Å². The van der Waals surface area contributed by atoms with E-state index in [1.54, 1.807) is 24.3 Å². The smallest absolute Gasteiger partial charge is 0.251 e. The molecule has 0 radical (unpaired) electrons. The largest absolute Gasteiger partial charge is 0.365 e. The molecule has 8 heteroatoms. The van der Waals surface area contributed by atoms with Gasteiger partial charge in [0.15, 0.2) is 9.84 Å². The van der Waals surface area contributed by atoms with E-state index in [4.69, 9.17) is 5.73 Å². The van der Waals surface area contributed by atoms with E-state index in [1.165, 1.54) is 11.3 Å². The third-order valence-electron chi connectivity index (χ3n) is 4.62. The number of nitrogens with one attached hydrogen (secondary N) is 1. The number of thiophene rings is 1. The number of amides is 2. The van der Waals surface area contributed by atoms with Crippen molar-refractivity contribution < 1.29 is 18.0 Å². The van der Waals surface area contributed by atoms with E-state index in [1.807, 2.05) is 6.92 Å². The molecule has 0 atom stereocenters. The van der Waals surface area contributed by atoms with E-state index < -0.39 is 15.7 Å². The lowest BCUT2D eigenvalue weighted by Gasteiger charge is -2.07. The predicted octanol–water partition coefficient (Wildman–Crippen LogP) is 2.84. The van der Waals surface area contributed by atoms with E-state index in [0.717, 1.165) is 35.3 Å². The summed E-state index contributed by atoms with van der Waals surface area (Å²) in [4.78, 5) is 25.3. The van der Waals surface area contributed by atoms with Crippen LogP contribution in [0.15, 0.2) is 29.2 Å². The van der Waals surface area contributed by atoms with Gasteiger partial charge >= 0.3 is 0 Å². The maximum absolute atomic E-state index is 12.3. The van der Waals surface area contributed by atoms with Crippen LogP contribution in [-0.2, 0) is 27.5 Å². The van der Waals surface area contributed by atoms with Crippen LogP contribution in [-0.4, -0.2) is 26.0 Å². The summed E-state index contributed by atoms with van der Waals surface area (Å²) < 4.78 is 24.7. The molecule has 0 saturated carbocycles. The Labute approximate surface area is 162 Å². The Balaban J connectivity index is 1.59. The quantitative estimate of drug-likeness (QED) is 0.737. The molecule has 3 rings (SSSR count). The van der Waals surface area contributed by atoms with Crippen molar-refractivity contribution >= 4 is 38.0 Å². The second-order valence-corrected chi connectivity index (χ2v) is 9.92. The Morgan fingerprint density at radius 3 is 2.56 bits per heavy atom. The van der Waals surface area contributed by atoms with Crippen LogP contribution in [0, 0.1) is 6.92 Å². The molecule has 1 aromatic heterocycles. The number of hydrogen-bond donors (Lipinski definition) is 2. The summed E-state index contributed by atoms with van der Waals surface area (Å²) in [6.45, 7) is 1.89. The lowest BCUT2D eigenvalue weighted by molar-refractivity contribution is -0.116. The second-order valence-electron chi connectivity index (χ2n) is 6.71. The number of anilines is 1. The van der Waals surface area contributed by atoms with Crippen molar-refractivity contribution in [2.24, 2.45) is 5.73 Å². The molecule has 144 valence electrons. The Bertz CT molecular complexity index is 976. The molecule has 27 heavy (non-hydrogen) atoms. The fourth-order valence-electron chi connectivity index (χ4n) is 3.23. The van der Waals surface area contributed by atoms with Crippen LogP contribution in [0.1, 0.15) is 45.6 Å². The first-order chi connectivity index (χ1) is 12.8. The third-order valence-corrected chi connectivity index (χ3v) is 7.64. The van der Waals surface area contributed by atoms with Gasteiger partial charge in [0.05, 0.1) is 16.2 Å². The van der Waals surface area contributed by atoms with Gasteiger partial charge < -0.3 is 11.1 Å². The van der Waals surface area contributed by atoms with Crippen molar-refractivity contribution in [1.82, 2.24) is 0 Å². The molecule has 1 heterocycles. The number of benzene rings is 1. The maximum Gasteiger partial charge on any atom is 0.251 e. The molecule has 0 bridgehead atoms. The highest BCUT2D eigenvalue weighted by molar-refractivity contribution is 7.91. The van der Waals surface area contributed by atoms with Gasteiger partial charge in [0.2, 0.25) is 5.91 Å². The molecule has 0 unspecified atom stereocenters. The minimum atomic E-state index is -3.42. The first-order valence-electron chi connectivity index (χ1n) is 8.81. The van der Waals surface area contributed by atoms with Crippen molar-refractivity contribution in [3.05, 3.63) is 45.8 Å². The Morgan fingerprint density at radius 1 is 1.19 bits per heavy atom. The number of carbonyl (C=O) groups excluding carboxylic acids is 2. The van der Waals surface area contributed by atoms with Crippen LogP contribution < -0.4 is 11.1 Å². The summed E-state index contributed by atoms with van der Waals surface area (Å²) in [5, 5.41) is 3.22. The minimum absolute atomic E-state index is 0.0614. The molecule has 0 spiro atoms. The molecule has 1 aliphatic carbocycles. The van der Waals surface area contributed by atoms with Gasteiger partial charge in [-0.3, -0.25) is 9.59 Å². The van der Waals surface area contributed by atoms with Gasteiger partial charge in [-0.05, 0) is 50.3 Å². The van der Waals surface area contributed by atoms with E-state index in [0.29, 0.717) is 10.6 Å². The molecule has 1 aliphatic rings. The SMILES string of the molecule is Cc1ccc(S(=O)(=O)CCCC(=O)Nc2sc3c(c2C(N)=O)CCC3)cc1. The fourth-order valence-corrected chi connectivity index (χ4v) is 5.85. The molecule has 2 amide bonds. The second kappa shape index (κ2) is 7.82. The summed E-state index contributed by atoms with van der Waals surface area (Å²) in [6.07, 6.45) is 2.96. The number of primary amides is 1. The molecule has 1 aromatic carbocycles. The van der Waals surface area contributed by atoms with Crippen molar-refractivity contribution in [1.29, 1.82) is 0 Å². The number of carbonyl (C=O) groups is 2. The van der Waals surface area contributed by atoms with Crippen molar-refractivity contribution in [2.75, 3.05) is 11.1 Å². The summed E-state index contributed by atoms with van der Waals surface area (Å²) in [5.74, 6) is -0.948. The topological polar surface area (TPSA) is 106 Å². The molecule has 0 aliphatic heterocycles. The standard InChI is InChI=1S/C19H22N2O4S2/c1-12-7-9-13(10-8-12)27(24,25)11-3-6-16(22)21-19-17(18(20)23)14-4-2-5-15(14)26-19/h7-10H,2-6,11H2,1H3,(H2,20,23)(H,21,22). The minimum Gasteiger partial charge on any atom is -0.365 e. The summed E-state index contributed by atoms with van der Waals surface area (Å²) in [7, 11) is -3.42. The van der Waals surface area contributed by atoms with Crippen molar-refractivity contribution in [3.8, 4) is 0 Å². The van der Waals surface area contributed by atoms with Gasteiger partial charge in [-0.2, -0.15) is 0 Å². The van der Waals surface area contributed by atoms with Crippen LogP contribution in [0.3, 0.4) is 0 Å². The lowest BCUT2D eigenvalue weighted by atomic mass is 10.1. The van der Waals surface area contributed by atoms with Crippen molar-refractivity contribution in [3.63, 3.8) is 0 Å². The highest BCUT2D eigenvalue weighted by Gasteiger charge is 2.26. The van der Waals surface area contributed by atoms with E-state index in [2.05, 4.69) is 5.32 Å². The van der Waals surface area contributed by atoms with Gasteiger partial charge in [0.1, 0.15) is 5.00 Å². The van der Waals surface area contributed by atoms with Gasteiger partial charge in [0.25, 0.3) is 5.91 Å². The zero-order chi connectivity index (χ0) is 19.6. The fraction of sp³-hybridized carbons (Fsp3) is 0.368. The molecular weight excluding hydrogens is 384 g/mol. The molecule has 0 saturated heterocycles. The van der Waals surface area contributed by atoms with Crippen molar-refractivity contribution in [2.45, 2.75) is 43.9 Å². The molecule has 0 fully saturated rings. The average molecular weight is 407 g/mol. The monoisotopic (exact) mass is 406 g/mol. The summed E-state index contributed by atoms with van der Waals surface area (Å²) in [5.41, 5.74) is 7.82. The van der Waals surface area contributed by atoms with E-state index in [9.17, 15) is 18.0 Å². The number of hydrogen-bond acceptors (Lipinski definition) is 5. The van der Waals surface area contributed by atoms with Gasteiger partial charge in [0, 0.05) is 11.3 Å². The number of nitrogens with two attached hydrogens (primary N) is 1. The van der Waals surface area contributed by atoms with E-state index in [-0.39, 0.29) is 29.4 Å². The zero-order valence-corrected chi connectivity index (χ0v) is 16.7. The Hall–Kier alpha value is -2.19. The van der Waals surface area contributed by atoms with Gasteiger partial charge in [-0.15, -0.1) is 11.3 Å². The van der Waals surface area contributed by atoms with Crippen LogP contribution in [0.5, 0.6) is 0 Å². The molecule has 3 N–H and O–H groups in total. The first kappa shape index (κ1) is 19.6. The molecular formula is C19H22N2O4S2. The summed E-state index contributed by atoms with van der Waals surface area (Å²) in [6, 6.07) is 6.66. The zero-order valence-electron chi connectivity index (χ0n) is 15.1. The Morgan fingerprint density at radius 2 is 1.89 bits per heavy atom. The molecule has 2 aromatic rings. The first-order valence-corrected chi connectivity index (χ1v) is 11.3. The van der Waals surface area contributed by atoms with Crippen LogP contribution >= 0.6 is 11.3 Å². The van der Waals surface area contributed by atoms with E-state index >= 15 is 0 Å². The lowest BCUT2D eigenvalue weighted by Crippen LogP contribution is -2.18. The predicted molar refractivity (Wildman–Crippen MR) is 106 cm³/mol. The number of sulfone groups is 1. The average Bonchev–Trinajstić information content (AvgIpc) is 3.15. The number of fused-ring (bicyclic) bond motifs is 1. The Kier molecular flexibility index (Phi) is 5.67. The normalized spacial score (nSPS) is 13.4. The molecule has 6 nitrogen and oxygen atoms in total. The maximum atomic E-state index is 12.3.